The molecule has 0 saturated carbocycles. The first-order chi connectivity index (χ1) is 6.68. The van der Waals surface area contributed by atoms with E-state index >= 15 is 0 Å². The molecule has 2 heteroatoms. The van der Waals surface area contributed by atoms with Crippen molar-refractivity contribution in [3.8, 4) is 0 Å². The summed E-state index contributed by atoms with van der Waals surface area (Å²) in [6.07, 6.45) is 9.45. The monoisotopic (exact) mass is 199 g/mol. The van der Waals surface area contributed by atoms with Gasteiger partial charge in [-0.2, -0.15) is 0 Å². The lowest BCUT2D eigenvalue weighted by molar-refractivity contribution is -0.311. The topological polar surface area (TPSA) is 40.1 Å². The van der Waals surface area contributed by atoms with Crippen molar-refractivity contribution >= 4 is 5.97 Å². The normalized spacial score (nSPS) is 12.7. The molecule has 0 aliphatic carbocycles. The van der Waals surface area contributed by atoms with Crippen LogP contribution in [0.15, 0.2) is 0 Å². The molecule has 0 aliphatic rings. The highest BCUT2D eigenvalue weighted by atomic mass is 16.4. The van der Waals surface area contributed by atoms with Crippen LogP contribution < -0.4 is 5.11 Å². The molecule has 0 fully saturated rings. The Hall–Kier alpha value is -0.530. The molecular weight excluding hydrogens is 176 g/mol. The highest BCUT2D eigenvalue weighted by Crippen LogP contribution is 2.11. The molecule has 0 bridgehead atoms. The molecule has 1 atom stereocenters. The van der Waals surface area contributed by atoms with Crippen molar-refractivity contribution in [1.82, 2.24) is 0 Å². The third-order valence-electron chi connectivity index (χ3n) is 2.64. The van der Waals surface area contributed by atoms with Gasteiger partial charge >= 0.3 is 0 Å². The van der Waals surface area contributed by atoms with Gasteiger partial charge in [0, 0.05) is 5.97 Å². The minimum absolute atomic E-state index is 0.273. The summed E-state index contributed by atoms with van der Waals surface area (Å²) in [7, 11) is 0. The number of rotatable bonds is 9. The van der Waals surface area contributed by atoms with Gasteiger partial charge in [0.2, 0.25) is 0 Å². The summed E-state index contributed by atoms with van der Waals surface area (Å²) in [5.41, 5.74) is 0. The van der Waals surface area contributed by atoms with Crippen LogP contribution in [0.1, 0.15) is 65.2 Å². The van der Waals surface area contributed by atoms with Gasteiger partial charge in [-0.1, -0.05) is 58.8 Å². The fourth-order valence-corrected chi connectivity index (χ4v) is 1.53. The van der Waals surface area contributed by atoms with Crippen LogP contribution in [0.5, 0.6) is 0 Å². The Labute approximate surface area is 87.7 Å². The number of carbonyl (C=O) groups is 1. The Balaban J connectivity index is 3.09. The van der Waals surface area contributed by atoms with Crippen molar-refractivity contribution in [2.24, 2.45) is 5.92 Å². The molecule has 0 heterocycles. The molecular formula is C12H23O2-. The van der Waals surface area contributed by atoms with Crippen LogP contribution in [0.25, 0.3) is 0 Å². The summed E-state index contributed by atoms with van der Waals surface area (Å²) < 4.78 is 0. The standard InChI is InChI=1S/C12H24O2/c1-3-4-5-6-7-8-9-10-11(2)12(13)14/h11H,3-10H2,1-2H3,(H,13,14)/p-1. The molecule has 0 aliphatic heterocycles. The van der Waals surface area contributed by atoms with E-state index in [2.05, 4.69) is 6.92 Å². The van der Waals surface area contributed by atoms with E-state index in [4.69, 9.17) is 0 Å². The van der Waals surface area contributed by atoms with Crippen molar-refractivity contribution in [2.45, 2.75) is 65.2 Å². The zero-order valence-corrected chi connectivity index (χ0v) is 9.55. The van der Waals surface area contributed by atoms with E-state index in [0.717, 1.165) is 12.8 Å². The number of carboxylic acid groups (broad SMARTS) is 1. The van der Waals surface area contributed by atoms with E-state index in [1.165, 1.54) is 38.5 Å². The summed E-state index contributed by atoms with van der Waals surface area (Å²) in [6, 6.07) is 0. The van der Waals surface area contributed by atoms with Crippen molar-refractivity contribution in [3.63, 3.8) is 0 Å². The molecule has 0 amide bonds. The van der Waals surface area contributed by atoms with E-state index in [1.807, 2.05) is 0 Å². The fraction of sp³-hybridized carbons (Fsp3) is 0.917. The lowest BCUT2D eigenvalue weighted by atomic mass is 10.0. The van der Waals surface area contributed by atoms with E-state index in [1.54, 1.807) is 6.92 Å². The fourth-order valence-electron chi connectivity index (χ4n) is 1.53. The summed E-state index contributed by atoms with van der Waals surface area (Å²) in [5.74, 6) is -1.18. The SMILES string of the molecule is CCCCCCCCCC(C)C(=O)[O-]. The minimum atomic E-state index is -0.906. The second-order valence-electron chi connectivity index (χ2n) is 4.13. The summed E-state index contributed by atoms with van der Waals surface area (Å²) in [5, 5.41) is 10.4. The number of hydrogen-bond acceptors (Lipinski definition) is 2. The summed E-state index contributed by atoms with van der Waals surface area (Å²) in [6.45, 7) is 3.94. The molecule has 2 nitrogen and oxygen atoms in total. The molecule has 0 aromatic heterocycles. The maximum absolute atomic E-state index is 10.4. The second-order valence-corrected chi connectivity index (χ2v) is 4.13. The Bertz CT molecular complexity index is 143. The molecule has 14 heavy (non-hydrogen) atoms. The van der Waals surface area contributed by atoms with Gasteiger partial charge in [0.25, 0.3) is 0 Å². The van der Waals surface area contributed by atoms with Gasteiger partial charge in [0.15, 0.2) is 0 Å². The van der Waals surface area contributed by atoms with Crippen LogP contribution in [0.3, 0.4) is 0 Å². The zero-order chi connectivity index (χ0) is 10.8. The van der Waals surface area contributed by atoms with Crippen LogP contribution in [0.4, 0.5) is 0 Å². The Morgan fingerprint density at radius 3 is 2.07 bits per heavy atom. The maximum atomic E-state index is 10.4. The Kier molecular flexibility index (Phi) is 8.70. The number of unbranched alkanes of at least 4 members (excludes halogenated alkanes) is 6. The molecule has 0 aromatic carbocycles. The van der Waals surface area contributed by atoms with Crippen LogP contribution in [0.2, 0.25) is 0 Å². The smallest absolute Gasteiger partial charge is 0.0442 e. The molecule has 1 unspecified atom stereocenters. The molecule has 0 aromatic rings. The highest BCUT2D eigenvalue weighted by Gasteiger charge is 2.01. The van der Waals surface area contributed by atoms with Crippen molar-refractivity contribution in [2.75, 3.05) is 0 Å². The molecule has 0 spiro atoms. The average molecular weight is 199 g/mol. The van der Waals surface area contributed by atoms with Crippen molar-refractivity contribution in [3.05, 3.63) is 0 Å². The van der Waals surface area contributed by atoms with Crippen LogP contribution >= 0.6 is 0 Å². The van der Waals surface area contributed by atoms with Crippen molar-refractivity contribution < 1.29 is 9.90 Å². The van der Waals surface area contributed by atoms with Crippen LogP contribution in [-0.2, 0) is 4.79 Å². The minimum Gasteiger partial charge on any atom is -0.550 e. The zero-order valence-electron chi connectivity index (χ0n) is 9.55. The quantitative estimate of drug-likeness (QED) is 0.535. The van der Waals surface area contributed by atoms with Gasteiger partial charge in [0.1, 0.15) is 0 Å². The Morgan fingerprint density at radius 1 is 1.07 bits per heavy atom. The van der Waals surface area contributed by atoms with Crippen molar-refractivity contribution in [1.29, 1.82) is 0 Å². The first kappa shape index (κ1) is 13.5. The van der Waals surface area contributed by atoms with Gasteiger partial charge in [-0.3, -0.25) is 0 Å². The molecule has 0 rings (SSSR count). The lowest BCUT2D eigenvalue weighted by Gasteiger charge is -2.11. The maximum Gasteiger partial charge on any atom is 0.0442 e. The van der Waals surface area contributed by atoms with Gasteiger partial charge in [-0.25, -0.2) is 0 Å². The summed E-state index contributed by atoms with van der Waals surface area (Å²) >= 11 is 0. The van der Waals surface area contributed by atoms with Crippen LogP contribution in [0, 0.1) is 5.92 Å². The first-order valence-corrected chi connectivity index (χ1v) is 5.89. The van der Waals surface area contributed by atoms with E-state index in [0.29, 0.717) is 0 Å². The predicted octanol–water partition coefficient (Wildman–Crippen LogP) is 2.51. The van der Waals surface area contributed by atoms with Crippen LogP contribution in [-0.4, -0.2) is 5.97 Å². The number of carboxylic acids is 1. The number of carbonyl (C=O) groups excluding carboxylic acids is 1. The van der Waals surface area contributed by atoms with E-state index in [9.17, 15) is 9.90 Å². The van der Waals surface area contributed by atoms with E-state index in [-0.39, 0.29) is 5.92 Å². The predicted molar refractivity (Wildman–Crippen MR) is 56.8 cm³/mol. The largest absolute Gasteiger partial charge is 0.550 e. The molecule has 84 valence electrons. The third kappa shape index (κ3) is 8.09. The van der Waals surface area contributed by atoms with E-state index < -0.39 is 5.97 Å². The third-order valence-corrected chi connectivity index (χ3v) is 2.64. The van der Waals surface area contributed by atoms with Gasteiger partial charge in [-0.15, -0.1) is 0 Å². The van der Waals surface area contributed by atoms with Gasteiger partial charge in [0.05, 0.1) is 0 Å². The average Bonchev–Trinajstić information content (AvgIpc) is 2.16. The van der Waals surface area contributed by atoms with Gasteiger partial charge < -0.3 is 9.90 Å². The lowest BCUT2D eigenvalue weighted by Crippen LogP contribution is -2.29. The molecule has 0 radical (unpaired) electrons. The number of aliphatic carboxylic acids is 1. The second kappa shape index (κ2) is 9.04. The summed E-state index contributed by atoms with van der Waals surface area (Å²) in [4.78, 5) is 10.4. The Morgan fingerprint density at radius 2 is 1.57 bits per heavy atom. The highest BCUT2D eigenvalue weighted by molar-refractivity contribution is 5.66. The molecule has 0 N–H and O–H groups in total. The van der Waals surface area contributed by atoms with Gasteiger partial charge in [-0.05, 0) is 12.3 Å². The molecule has 0 saturated heterocycles. The number of hydrogen-bond donors (Lipinski definition) is 0. The first-order valence-electron chi connectivity index (χ1n) is 5.89.